The van der Waals surface area contributed by atoms with Crippen LogP contribution in [0.4, 0.5) is 4.39 Å². The number of hydrogen-bond acceptors (Lipinski definition) is 3. The zero-order valence-electron chi connectivity index (χ0n) is 11.6. The quantitative estimate of drug-likeness (QED) is 0.910. The summed E-state index contributed by atoms with van der Waals surface area (Å²) >= 11 is 5.65. The zero-order valence-corrected chi connectivity index (χ0v) is 13.2. The highest BCUT2D eigenvalue weighted by Crippen LogP contribution is 2.50. The fourth-order valence-corrected chi connectivity index (χ4v) is 5.47. The predicted octanol–water partition coefficient (Wildman–Crippen LogP) is 2.35. The highest BCUT2D eigenvalue weighted by atomic mass is 35.5. The summed E-state index contributed by atoms with van der Waals surface area (Å²) in [6, 6.07) is 3.79. The molecule has 2 fully saturated rings. The predicted molar refractivity (Wildman–Crippen MR) is 77.6 cm³/mol. The number of benzene rings is 1. The molecule has 5 nitrogen and oxygen atoms in total. The van der Waals surface area contributed by atoms with Gasteiger partial charge in [-0.3, -0.25) is 4.79 Å². The van der Waals surface area contributed by atoms with Gasteiger partial charge >= 0.3 is 5.97 Å². The van der Waals surface area contributed by atoms with Crippen LogP contribution < -0.4 is 0 Å². The fourth-order valence-electron chi connectivity index (χ4n) is 3.60. The van der Waals surface area contributed by atoms with Gasteiger partial charge in [-0.2, -0.15) is 4.31 Å². The third-order valence-corrected chi connectivity index (χ3v) is 6.92. The molecule has 120 valence electrons. The molecule has 0 spiro atoms. The van der Waals surface area contributed by atoms with Crippen LogP contribution in [0.15, 0.2) is 23.1 Å². The maximum atomic E-state index is 14.0. The minimum atomic E-state index is -4.09. The fraction of sp³-hybridized carbons (Fsp3) is 0.500. The van der Waals surface area contributed by atoms with Crippen molar-refractivity contribution < 1.29 is 22.7 Å². The number of fused-ring (bicyclic) bond motifs is 1. The molecule has 1 saturated heterocycles. The molecule has 2 aliphatic rings. The van der Waals surface area contributed by atoms with Gasteiger partial charge < -0.3 is 5.11 Å². The summed E-state index contributed by atoms with van der Waals surface area (Å²) in [7, 11) is -4.09. The first-order valence-electron chi connectivity index (χ1n) is 6.96. The van der Waals surface area contributed by atoms with Gasteiger partial charge in [-0.25, -0.2) is 12.8 Å². The lowest BCUT2D eigenvalue weighted by Gasteiger charge is -2.23. The van der Waals surface area contributed by atoms with Crippen molar-refractivity contribution in [2.24, 2.45) is 11.3 Å². The Kier molecular flexibility index (Phi) is 3.70. The summed E-state index contributed by atoms with van der Waals surface area (Å²) in [5.74, 6) is -2.19. The SMILES string of the molecule is O=C(O)[C@@]12CCC[C@H]1CN(S(=O)(=O)c1cccc(Cl)c1F)C2. The summed E-state index contributed by atoms with van der Waals surface area (Å²) in [4.78, 5) is 11.1. The van der Waals surface area contributed by atoms with E-state index in [-0.39, 0.29) is 24.0 Å². The number of sulfonamides is 1. The van der Waals surface area contributed by atoms with Crippen molar-refractivity contribution in [1.29, 1.82) is 0 Å². The number of carboxylic acids is 1. The van der Waals surface area contributed by atoms with Crippen LogP contribution in [0.2, 0.25) is 5.02 Å². The van der Waals surface area contributed by atoms with Crippen LogP contribution in [-0.4, -0.2) is 36.9 Å². The van der Waals surface area contributed by atoms with Gasteiger partial charge in [0.25, 0.3) is 0 Å². The second-order valence-corrected chi connectivity index (χ2v) is 8.21. The molecule has 1 aliphatic heterocycles. The van der Waals surface area contributed by atoms with Crippen LogP contribution in [0.5, 0.6) is 0 Å². The van der Waals surface area contributed by atoms with Gasteiger partial charge in [-0.1, -0.05) is 24.1 Å². The second-order valence-electron chi connectivity index (χ2n) is 5.90. The molecule has 1 aromatic carbocycles. The highest BCUT2D eigenvalue weighted by molar-refractivity contribution is 7.89. The van der Waals surface area contributed by atoms with E-state index in [0.717, 1.165) is 16.8 Å². The van der Waals surface area contributed by atoms with Crippen molar-refractivity contribution in [3.63, 3.8) is 0 Å². The van der Waals surface area contributed by atoms with E-state index in [2.05, 4.69) is 0 Å². The zero-order chi connectivity index (χ0) is 16.1. The van der Waals surface area contributed by atoms with Gasteiger partial charge in [0, 0.05) is 13.1 Å². The molecule has 0 aromatic heterocycles. The summed E-state index contributed by atoms with van der Waals surface area (Å²) in [6.07, 6.45) is 1.91. The molecule has 8 heteroatoms. The number of rotatable bonds is 3. The molecule has 0 unspecified atom stereocenters. The molecule has 0 radical (unpaired) electrons. The van der Waals surface area contributed by atoms with E-state index in [1.807, 2.05) is 0 Å². The Labute approximate surface area is 132 Å². The van der Waals surface area contributed by atoms with Crippen molar-refractivity contribution in [3.8, 4) is 0 Å². The van der Waals surface area contributed by atoms with E-state index in [0.29, 0.717) is 12.8 Å². The van der Waals surface area contributed by atoms with E-state index >= 15 is 0 Å². The van der Waals surface area contributed by atoms with E-state index in [1.54, 1.807) is 0 Å². The molecular formula is C14H15ClFNO4S. The maximum Gasteiger partial charge on any atom is 0.311 e. The molecule has 2 atom stereocenters. The Hall–Kier alpha value is -1.18. The molecule has 1 aromatic rings. The molecule has 1 N–H and O–H groups in total. The molecule has 1 aliphatic carbocycles. The molecule has 0 bridgehead atoms. The lowest BCUT2D eigenvalue weighted by molar-refractivity contribution is -0.149. The number of hydrogen-bond donors (Lipinski definition) is 1. The Morgan fingerprint density at radius 3 is 2.82 bits per heavy atom. The van der Waals surface area contributed by atoms with E-state index in [4.69, 9.17) is 11.6 Å². The third kappa shape index (κ3) is 2.14. The Balaban J connectivity index is 1.99. The van der Waals surface area contributed by atoms with Crippen LogP contribution in [-0.2, 0) is 14.8 Å². The number of nitrogens with zero attached hydrogens (tertiary/aromatic N) is 1. The normalized spacial score (nSPS) is 28.7. The summed E-state index contributed by atoms with van der Waals surface area (Å²) in [5.41, 5.74) is -1.04. The van der Waals surface area contributed by atoms with Crippen molar-refractivity contribution in [2.45, 2.75) is 24.2 Å². The van der Waals surface area contributed by atoms with Gasteiger partial charge in [0.1, 0.15) is 4.90 Å². The van der Waals surface area contributed by atoms with Gasteiger partial charge in [-0.05, 0) is 30.9 Å². The minimum Gasteiger partial charge on any atom is -0.481 e. The van der Waals surface area contributed by atoms with Gasteiger partial charge in [0.05, 0.1) is 10.4 Å². The molecule has 0 amide bonds. The third-order valence-electron chi connectivity index (χ3n) is 4.80. The van der Waals surface area contributed by atoms with Crippen molar-refractivity contribution in [2.75, 3.05) is 13.1 Å². The van der Waals surface area contributed by atoms with Gasteiger partial charge in [-0.15, -0.1) is 0 Å². The first-order chi connectivity index (χ1) is 10.3. The lowest BCUT2D eigenvalue weighted by atomic mass is 9.81. The van der Waals surface area contributed by atoms with Crippen LogP contribution in [0.25, 0.3) is 0 Å². The Morgan fingerprint density at radius 2 is 2.18 bits per heavy atom. The number of halogens is 2. The second kappa shape index (κ2) is 5.18. The van der Waals surface area contributed by atoms with Crippen LogP contribution in [0.1, 0.15) is 19.3 Å². The average Bonchev–Trinajstić information content (AvgIpc) is 2.99. The smallest absolute Gasteiger partial charge is 0.311 e. The van der Waals surface area contributed by atoms with Crippen LogP contribution >= 0.6 is 11.6 Å². The first-order valence-corrected chi connectivity index (χ1v) is 8.78. The molecule has 22 heavy (non-hydrogen) atoms. The largest absolute Gasteiger partial charge is 0.481 e. The monoisotopic (exact) mass is 347 g/mol. The van der Waals surface area contributed by atoms with Crippen molar-refractivity contribution in [3.05, 3.63) is 29.0 Å². The van der Waals surface area contributed by atoms with Crippen LogP contribution in [0.3, 0.4) is 0 Å². The van der Waals surface area contributed by atoms with E-state index in [1.165, 1.54) is 12.1 Å². The molecule has 1 saturated carbocycles. The molecular weight excluding hydrogens is 333 g/mol. The average molecular weight is 348 g/mol. The van der Waals surface area contributed by atoms with Gasteiger partial charge in [0.2, 0.25) is 10.0 Å². The minimum absolute atomic E-state index is 0.110. The first kappa shape index (κ1) is 15.7. The van der Waals surface area contributed by atoms with Gasteiger partial charge in [0.15, 0.2) is 5.82 Å². The Bertz CT molecular complexity index is 738. The maximum absolute atomic E-state index is 14.0. The number of carboxylic acid groups (broad SMARTS) is 1. The van der Waals surface area contributed by atoms with Crippen molar-refractivity contribution in [1.82, 2.24) is 4.31 Å². The lowest BCUT2D eigenvalue weighted by Crippen LogP contribution is -2.37. The number of carbonyl (C=O) groups is 1. The standard InChI is InChI=1S/C14H15ClFNO4S/c15-10-4-1-5-11(12(10)16)22(20,21)17-7-9-3-2-6-14(9,8-17)13(18)19/h1,4-5,9H,2-3,6-8H2,(H,18,19)/t9-,14+/m0/s1. The van der Waals surface area contributed by atoms with E-state index in [9.17, 15) is 22.7 Å². The van der Waals surface area contributed by atoms with Crippen LogP contribution in [0, 0.1) is 17.2 Å². The van der Waals surface area contributed by atoms with E-state index < -0.39 is 32.1 Å². The molecule has 1 heterocycles. The number of aliphatic carboxylic acids is 1. The summed E-state index contributed by atoms with van der Waals surface area (Å²) in [6.45, 7) is 0.00186. The van der Waals surface area contributed by atoms with Crippen molar-refractivity contribution >= 4 is 27.6 Å². The Morgan fingerprint density at radius 1 is 1.45 bits per heavy atom. The summed E-state index contributed by atoms with van der Waals surface area (Å²) in [5, 5.41) is 9.24. The highest BCUT2D eigenvalue weighted by Gasteiger charge is 2.57. The summed E-state index contributed by atoms with van der Waals surface area (Å²) < 4.78 is 40.4. The topological polar surface area (TPSA) is 74.7 Å². The molecule has 3 rings (SSSR count).